The number of fused-ring (bicyclic) bond motifs is 9. The van der Waals surface area contributed by atoms with Gasteiger partial charge in [-0.2, -0.15) is 0 Å². The van der Waals surface area contributed by atoms with Crippen molar-refractivity contribution in [2.75, 3.05) is 6.54 Å². The summed E-state index contributed by atoms with van der Waals surface area (Å²) in [6.45, 7) is 2.51. The second-order valence-corrected chi connectivity index (χ2v) is 11.4. The first-order valence-corrected chi connectivity index (χ1v) is 13.1. The van der Waals surface area contributed by atoms with E-state index in [1.165, 1.54) is 6.08 Å². The molecule has 8 heteroatoms. The van der Waals surface area contributed by atoms with E-state index in [-0.39, 0.29) is 36.1 Å². The van der Waals surface area contributed by atoms with Gasteiger partial charge >= 0.3 is 0 Å². The molecule has 2 bridgehead atoms. The van der Waals surface area contributed by atoms with Gasteiger partial charge in [-0.1, -0.05) is 19.1 Å². The minimum Gasteiger partial charge on any atom is -0.507 e. The molecule has 3 aliphatic heterocycles. The van der Waals surface area contributed by atoms with Crippen LogP contribution in [0.1, 0.15) is 39.0 Å². The van der Waals surface area contributed by atoms with Gasteiger partial charge in [0.2, 0.25) is 5.91 Å². The molecule has 5 fully saturated rings. The van der Waals surface area contributed by atoms with Gasteiger partial charge in [-0.25, -0.2) is 0 Å². The number of aliphatic hydroxyl groups excluding tert-OH is 2. The Hall–Kier alpha value is -2.45. The molecule has 0 aromatic carbocycles. The minimum atomic E-state index is -1.16. The van der Waals surface area contributed by atoms with Gasteiger partial charge in [0, 0.05) is 6.54 Å². The van der Waals surface area contributed by atoms with E-state index in [9.17, 15) is 24.6 Å². The number of rotatable bonds is 0. The van der Waals surface area contributed by atoms with Crippen LogP contribution in [0.5, 0.6) is 0 Å². The number of allylic oxidation sites excluding steroid dienone is 3. The molecule has 6 aliphatic rings. The van der Waals surface area contributed by atoms with E-state index in [0.717, 1.165) is 25.7 Å². The van der Waals surface area contributed by atoms with Gasteiger partial charge < -0.3 is 25.6 Å². The van der Waals surface area contributed by atoms with E-state index >= 15 is 0 Å². The van der Waals surface area contributed by atoms with E-state index in [2.05, 4.69) is 17.6 Å². The van der Waals surface area contributed by atoms with E-state index < -0.39 is 23.8 Å². The van der Waals surface area contributed by atoms with E-state index in [4.69, 9.17) is 4.74 Å². The summed E-state index contributed by atoms with van der Waals surface area (Å²) >= 11 is 0. The van der Waals surface area contributed by atoms with Crippen LogP contribution in [0.3, 0.4) is 0 Å². The van der Waals surface area contributed by atoms with Gasteiger partial charge in [0.25, 0.3) is 5.91 Å². The Morgan fingerprint density at radius 3 is 2.66 bits per heavy atom. The Morgan fingerprint density at radius 2 is 1.83 bits per heavy atom. The van der Waals surface area contributed by atoms with Crippen LogP contribution in [-0.2, 0) is 19.1 Å². The number of hydrogen-bond acceptors (Lipinski definition) is 6. The standard InChI is InChI=1S/C27H34N2O6/c1-12-21-15-7-5-13-6-8-18(30)22-24(33)23(29-27(22)34)19(31)9-10-28-20(32)4-2-3-14(13)16(15)11-17(21)26-25(12)35-26/h2,4,6,8,12-17,19,21,23,25-26,30-31H,3,5,7,9-11H2,1H3,(H,28,32)(H,29,34)/b4-2-,8-6-,22-18-. The smallest absolute Gasteiger partial charge is 0.259 e. The molecule has 3 saturated carbocycles. The van der Waals surface area contributed by atoms with Crippen molar-refractivity contribution in [3.8, 4) is 0 Å². The molecule has 4 N–H and O–H groups in total. The molecule has 2 amide bonds. The van der Waals surface area contributed by atoms with Gasteiger partial charge in [0.15, 0.2) is 5.78 Å². The molecule has 11 atom stereocenters. The van der Waals surface area contributed by atoms with Crippen LogP contribution in [0.25, 0.3) is 0 Å². The van der Waals surface area contributed by atoms with Crippen LogP contribution in [0.15, 0.2) is 35.6 Å². The monoisotopic (exact) mass is 482 g/mol. The number of carbonyl (C=O) groups is 3. The first-order chi connectivity index (χ1) is 16.8. The first-order valence-electron chi connectivity index (χ1n) is 13.1. The third-order valence-corrected chi connectivity index (χ3v) is 9.73. The molecule has 2 saturated heterocycles. The Kier molecular flexibility index (Phi) is 5.64. The van der Waals surface area contributed by atoms with Crippen molar-refractivity contribution in [2.24, 2.45) is 41.4 Å². The van der Waals surface area contributed by atoms with Crippen molar-refractivity contribution in [3.63, 3.8) is 0 Å². The molecule has 0 aromatic rings. The van der Waals surface area contributed by atoms with Crippen molar-refractivity contribution in [3.05, 3.63) is 35.6 Å². The number of ether oxygens (including phenoxy) is 1. The second kappa shape index (κ2) is 8.59. The molecule has 0 radical (unpaired) electrons. The Balaban J connectivity index is 1.30. The zero-order valence-electron chi connectivity index (χ0n) is 19.9. The summed E-state index contributed by atoms with van der Waals surface area (Å²) in [6, 6.07) is -1.12. The van der Waals surface area contributed by atoms with Gasteiger partial charge in [0.1, 0.15) is 17.4 Å². The van der Waals surface area contributed by atoms with Crippen LogP contribution in [0.2, 0.25) is 0 Å². The summed E-state index contributed by atoms with van der Waals surface area (Å²) in [7, 11) is 0. The Labute approximate surface area is 204 Å². The van der Waals surface area contributed by atoms with Crippen molar-refractivity contribution in [2.45, 2.75) is 63.4 Å². The average molecular weight is 483 g/mol. The fourth-order valence-corrected chi connectivity index (χ4v) is 8.17. The highest BCUT2D eigenvalue weighted by Crippen LogP contribution is 2.65. The second-order valence-electron chi connectivity index (χ2n) is 11.4. The van der Waals surface area contributed by atoms with E-state index in [0.29, 0.717) is 47.7 Å². The Morgan fingerprint density at radius 1 is 1.00 bits per heavy atom. The summed E-state index contributed by atoms with van der Waals surface area (Å²) in [5.41, 5.74) is -0.298. The number of epoxide rings is 1. The van der Waals surface area contributed by atoms with Crippen molar-refractivity contribution >= 4 is 17.6 Å². The molecule has 11 unspecified atom stereocenters. The van der Waals surface area contributed by atoms with Crippen LogP contribution >= 0.6 is 0 Å². The number of Topliss-reactive ketones (excluding diaryl/α,β-unsaturated/α-hetero) is 1. The fourth-order valence-electron chi connectivity index (χ4n) is 8.17. The maximum atomic E-state index is 12.8. The number of aliphatic hydroxyl groups is 2. The molecular weight excluding hydrogens is 448 g/mol. The average Bonchev–Trinajstić information content (AvgIpc) is 3.33. The van der Waals surface area contributed by atoms with Crippen molar-refractivity contribution < 1.29 is 29.3 Å². The summed E-state index contributed by atoms with van der Waals surface area (Å²) in [5, 5.41) is 26.3. The lowest BCUT2D eigenvalue weighted by molar-refractivity contribution is -0.118. The highest BCUT2D eigenvalue weighted by molar-refractivity contribution is 6.27. The van der Waals surface area contributed by atoms with Crippen LogP contribution in [0, 0.1) is 41.4 Å². The number of carbonyl (C=O) groups excluding carboxylic acids is 3. The van der Waals surface area contributed by atoms with Gasteiger partial charge in [-0.05, 0) is 85.7 Å². The largest absolute Gasteiger partial charge is 0.507 e. The topological polar surface area (TPSA) is 128 Å². The molecule has 35 heavy (non-hydrogen) atoms. The minimum absolute atomic E-state index is 0.111. The lowest BCUT2D eigenvalue weighted by atomic mass is 9.64. The van der Waals surface area contributed by atoms with Gasteiger partial charge in [0.05, 0.1) is 18.3 Å². The van der Waals surface area contributed by atoms with E-state index in [1.54, 1.807) is 6.08 Å². The maximum Gasteiger partial charge on any atom is 0.259 e. The maximum absolute atomic E-state index is 12.8. The summed E-state index contributed by atoms with van der Waals surface area (Å²) < 4.78 is 5.96. The Bertz CT molecular complexity index is 1030. The summed E-state index contributed by atoms with van der Waals surface area (Å²) in [4.78, 5) is 37.6. The third-order valence-electron chi connectivity index (χ3n) is 9.73. The highest BCUT2D eigenvalue weighted by Gasteiger charge is 2.66. The highest BCUT2D eigenvalue weighted by atomic mass is 16.6. The molecule has 188 valence electrons. The predicted molar refractivity (Wildman–Crippen MR) is 126 cm³/mol. The SMILES string of the molecule is CC1C2OC2C2CC3C4C/C=C\C(=O)NCCC(O)C5NC(=O)/C(=C(O)/C=C\C4CCC3C12)C5=O. The normalized spacial score (nSPS) is 50.9. The molecule has 0 aromatic heterocycles. The first kappa shape index (κ1) is 23.0. The zero-order chi connectivity index (χ0) is 24.4. The van der Waals surface area contributed by atoms with Gasteiger partial charge in [-0.3, -0.25) is 14.4 Å². The molecule has 6 rings (SSSR count). The van der Waals surface area contributed by atoms with Gasteiger partial charge in [-0.15, -0.1) is 0 Å². The lowest BCUT2D eigenvalue weighted by Crippen LogP contribution is -2.42. The fraction of sp³-hybridized carbons (Fsp3) is 0.667. The lowest BCUT2D eigenvalue weighted by Gasteiger charge is -2.41. The number of ketones is 1. The number of amides is 2. The van der Waals surface area contributed by atoms with Crippen molar-refractivity contribution in [1.82, 2.24) is 10.6 Å². The zero-order valence-corrected chi connectivity index (χ0v) is 19.9. The summed E-state index contributed by atoms with van der Waals surface area (Å²) in [5.74, 6) is 1.75. The van der Waals surface area contributed by atoms with E-state index in [1.807, 2.05) is 12.2 Å². The number of nitrogens with one attached hydrogen (secondary N) is 2. The third kappa shape index (κ3) is 3.76. The van der Waals surface area contributed by atoms with Crippen LogP contribution in [0.4, 0.5) is 0 Å². The van der Waals surface area contributed by atoms with Crippen LogP contribution < -0.4 is 10.6 Å². The number of hydrogen-bond donors (Lipinski definition) is 4. The van der Waals surface area contributed by atoms with Crippen LogP contribution in [-0.4, -0.2) is 58.7 Å². The summed E-state index contributed by atoms with van der Waals surface area (Å²) in [6.07, 6.45) is 10.8. The predicted octanol–water partition coefficient (Wildman–Crippen LogP) is 1.56. The molecule has 8 nitrogen and oxygen atoms in total. The molecule has 3 aliphatic carbocycles. The molecule has 3 heterocycles. The molecular formula is C27H34N2O6. The molecule has 0 spiro atoms. The van der Waals surface area contributed by atoms with Crippen molar-refractivity contribution in [1.29, 1.82) is 0 Å². The quantitative estimate of drug-likeness (QED) is 0.306.